The van der Waals surface area contributed by atoms with E-state index in [1.807, 2.05) is 48.5 Å². The molecule has 6 nitrogen and oxygen atoms in total. The Hall–Kier alpha value is -12.5. The molecule has 4 aliphatic rings. The number of aromatic nitrogens is 3. The zero-order valence-electron chi connectivity index (χ0n) is 50.2. The second-order valence-electron chi connectivity index (χ2n) is 25.3. The number of nitriles is 2. The maximum Gasteiger partial charge on any atom is 0.0991 e. The van der Waals surface area contributed by atoms with Gasteiger partial charge in [-0.25, -0.2) is 0 Å². The minimum atomic E-state index is -0.604. The van der Waals surface area contributed by atoms with Crippen LogP contribution in [0.25, 0.3) is 127 Å². The fourth-order valence-corrected chi connectivity index (χ4v) is 16.9. The Morgan fingerprint density at radius 1 is 0.301 bits per heavy atom. The van der Waals surface area contributed by atoms with Crippen molar-refractivity contribution in [3.05, 3.63) is 342 Å². The van der Waals surface area contributed by atoms with Crippen LogP contribution in [0.1, 0.15) is 44.9 Å². The molecule has 2 unspecified atom stereocenters. The number of benzene rings is 13. The molecule has 0 saturated heterocycles. The minimum absolute atomic E-state index is 0.0846. The summed E-state index contributed by atoms with van der Waals surface area (Å²) in [6, 6.07) is 107. The average Bonchev–Trinajstić information content (AvgIpc) is 1.51. The molecule has 16 aromatic rings. The van der Waals surface area contributed by atoms with Gasteiger partial charge in [-0.05, 0) is 212 Å². The Balaban J connectivity index is 0.715. The lowest BCUT2D eigenvalue weighted by Crippen LogP contribution is -2.30. The molecule has 3 aromatic heterocycles. The molecule has 0 amide bonds. The summed E-state index contributed by atoms with van der Waals surface area (Å²) in [7, 11) is 0. The summed E-state index contributed by atoms with van der Waals surface area (Å²) in [5, 5.41) is 26.4. The molecule has 0 radical (unpaired) electrons. The SMILES string of the molecule is N#Cc1ccc(-n2c3ccccc3c3cc(-c4ccc5c(c4)C4C=CC=CC4N5c4ccc5c(c4)C4(c6ccccc6-c6ccccc64)c4cc(-n6c7ccccc7c7cc(-c8ccc9c(c8)c8ccccc8n9-c8ccc(C#N)cc8)ccc76)ccc4-5)ccc32)cc1. The molecule has 4 heterocycles. The Morgan fingerprint density at radius 3 is 1.19 bits per heavy atom. The van der Waals surface area contributed by atoms with Crippen molar-refractivity contribution in [2.24, 2.45) is 0 Å². The van der Waals surface area contributed by atoms with Crippen LogP contribution in [-0.2, 0) is 5.41 Å². The highest BCUT2D eigenvalue weighted by Crippen LogP contribution is 2.64. The van der Waals surface area contributed by atoms with Crippen LogP contribution in [0.4, 0.5) is 11.4 Å². The van der Waals surface area contributed by atoms with Crippen LogP contribution in [0.3, 0.4) is 0 Å². The lowest BCUT2D eigenvalue weighted by atomic mass is 9.70. The summed E-state index contributed by atoms with van der Waals surface area (Å²) >= 11 is 0. The second kappa shape index (κ2) is 19.3. The third kappa shape index (κ3) is 7.10. The monoisotopic (exact) mass is 1180 g/mol. The molecular weight excluding hydrogens is 1130 g/mol. The summed E-state index contributed by atoms with van der Waals surface area (Å²) in [4.78, 5) is 2.60. The maximum absolute atomic E-state index is 9.59. The number of para-hydroxylation sites is 3. The molecule has 430 valence electrons. The molecule has 20 rings (SSSR count). The van der Waals surface area contributed by atoms with Gasteiger partial charge in [0.05, 0.1) is 67.8 Å². The number of rotatable bonds is 6. The normalized spacial score (nSPS) is 15.3. The standard InChI is InChI=1S/C87H52N6/c88-51-53-25-33-59(34-26-53)90-79-21-9-3-15-67(79)71-45-55(29-41-83(71)90)57-31-43-85-73(47-57)69-17-5-11-23-81(69)92(85)61-37-39-65-66-40-38-62(50-78(66)87(77(65)49-61)75-19-7-1-13-63(75)64-14-2-8-20-76(64)87)93-82-24-12-6-18-70(82)74-48-58(32-44-86(74)93)56-30-42-84-72(46-56)68-16-4-10-22-80(68)91(84)60-35-27-54(52-89)28-36-60/h1-50,69,81H. The van der Waals surface area contributed by atoms with Crippen molar-refractivity contribution >= 4 is 76.8 Å². The summed E-state index contributed by atoms with van der Waals surface area (Å²) in [6.07, 6.45) is 9.24. The first-order valence-electron chi connectivity index (χ1n) is 31.9. The van der Waals surface area contributed by atoms with Crippen molar-refractivity contribution in [3.63, 3.8) is 0 Å². The van der Waals surface area contributed by atoms with E-state index in [-0.39, 0.29) is 12.0 Å². The number of fused-ring (bicyclic) bond motifs is 22. The quantitative estimate of drug-likeness (QED) is 0.167. The summed E-state index contributed by atoms with van der Waals surface area (Å²) in [5.74, 6) is 0.155. The molecule has 0 bridgehead atoms. The zero-order valence-corrected chi connectivity index (χ0v) is 50.2. The van der Waals surface area contributed by atoms with Crippen molar-refractivity contribution in [2.45, 2.75) is 17.4 Å². The van der Waals surface area contributed by atoms with Gasteiger partial charge in [-0.2, -0.15) is 10.5 Å². The first-order chi connectivity index (χ1) is 46.0. The van der Waals surface area contributed by atoms with Crippen LogP contribution in [0, 0.1) is 22.7 Å². The summed E-state index contributed by atoms with van der Waals surface area (Å²) in [6.45, 7) is 0. The Kier molecular flexibility index (Phi) is 10.7. The van der Waals surface area contributed by atoms with E-state index in [0.717, 1.165) is 61.3 Å². The number of allylic oxidation sites excluding steroid dienone is 2. The number of nitrogens with zero attached hydrogens (tertiary/aromatic N) is 6. The first-order valence-corrected chi connectivity index (χ1v) is 31.9. The fraction of sp³-hybridized carbons (Fsp3) is 0.0345. The molecule has 2 atom stereocenters. The predicted molar refractivity (Wildman–Crippen MR) is 379 cm³/mol. The molecule has 6 heteroatoms. The molecule has 0 N–H and O–H groups in total. The number of hydrogen-bond donors (Lipinski definition) is 0. The van der Waals surface area contributed by atoms with E-state index in [2.05, 4.69) is 286 Å². The summed E-state index contributed by atoms with van der Waals surface area (Å²) < 4.78 is 7.11. The average molecular weight is 1180 g/mol. The first kappa shape index (κ1) is 51.4. The lowest BCUT2D eigenvalue weighted by Gasteiger charge is -2.33. The van der Waals surface area contributed by atoms with Crippen LogP contribution in [0.15, 0.2) is 303 Å². The Bertz CT molecular complexity index is 6060. The van der Waals surface area contributed by atoms with Gasteiger partial charge < -0.3 is 18.6 Å². The van der Waals surface area contributed by atoms with Crippen LogP contribution in [0.5, 0.6) is 0 Å². The third-order valence-electron chi connectivity index (χ3n) is 20.8. The second-order valence-corrected chi connectivity index (χ2v) is 25.3. The van der Waals surface area contributed by atoms with E-state index in [1.54, 1.807) is 0 Å². The van der Waals surface area contributed by atoms with Gasteiger partial charge in [0.1, 0.15) is 0 Å². The van der Waals surface area contributed by atoms with Crippen molar-refractivity contribution in [2.75, 3.05) is 4.90 Å². The Morgan fingerprint density at radius 2 is 0.688 bits per heavy atom. The van der Waals surface area contributed by atoms with Gasteiger partial charge in [0.2, 0.25) is 0 Å². The largest absolute Gasteiger partial charge is 0.333 e. The maximum atomic E-state index is 9.59. The van der Waals surface area contributed by atoms with E-state index >= 15 is 0 Å². The van der Waals surface area contributed by atoms with Gasteiger partial charge in [0, 0.05) is 66.7 Å². The molecule has 13 aromatic carbocycles. The molecule has 1 aliphatic heterocycles. The van der Waals surface area contributed by atoms with Crippen LogP contribution >= 0.6 is 0 Å². The van der Waals surface area contributed by atoms with Gasteiger partial charge in [-0.3, -0.25) is 0 Å². The van der Waals surface area contributed by atoms with Crippen LogP contribution in [0.2, 0.25) is 0 Å². The van der Waals surface area contributed by atoms with E-state index in [9.17, 15) is 10.5 Å². The van der Waals surface area contributed by atoms with E-state index in [1.165, 1.54) is 105 Å². The highest BCUT2D eigenvalue weighted by atomic mass is 15.2. The van der Waals surface area contributed by atoms with Gasteiger partial charge in [-0.15, -0.1) is 0 Å². The molecule has 93 heavy (non-hydrogen) atoms. The van der Waals surface area contributed by atoms with Gasteiger partial charge >= 0.3 is 0 Å². The van der Waals surface area contributed by atoms with Crippen molar-refractivity contribution < 1.29 is 0 Å². The van der Waals surface area contributed by atoms with Crippen molar-refractivity contribution in [1.82, 2.24) is 13.7 Å². The van der Waals surface area contributed by atoms with Crippen LogP contribution < -0.4 is 4.90 Å². The zero-order chi connectivity index (χ0) is 61.2. The van der Waals surface area contributed by atoms with Crippen molar-refractivity contribution in [1.29, 1.82) is 10.5 Å². The van der Waals surface area contributed by atoms with Gasteiger partial charge in [-0.1, -0.05) is 164 Å². The Labute approximate surface area is 536 Å². The van der Waals surface area contributed by atoms with Gasteiger partial charge in [0.15, 0.2) is 0 Å². The van der Waals surface area contributed by atoms with Gasteiger partial charge in [0.25, 0.3) is 0 Å². The highest BCUT2D eigenvalue weighted by Gasteiger charge is 2.52. The highest BCUT2D eigenvalue weighted by molar-refractivity contribution is 6.14. The molecule has 0 saturated carbocycles. The molecule has 0 fully saturated rings. The smallest absolute Gasteiger partial charge is 0.0991 e. The molecule has 1 spiro atoms. The van der Waals surface area contributed by atoms with Crippen LogP contribution in [-0.4, -0.2) is 19.7 Å². The number of hydrogen-bond acceptors (Lipinski definition) is 3. The topological polar surface area (TPSA) is 65.6 Å². The fourth-order valence-electron chi connectivity index (χ4n) is 16.9. The van der Waals surface area contributed by atoms with E-state index < -0.39 is 5.41 Å². The minimum Gasteiger partial charge on any atom is -0.333 e. The van der Waals surface area contributed by atoms with E-state index in [4.69, 9.17) is 0 Å². The lowest BCUT2D eigenvalue weighted by molar-refractivity contribution is 0.742. The van der Waals surface area contributed by atoms with E-state index in [0.29, 0.717) is 11.1 Å². The third-order valence-corrected chi connectivity index (χ3v) is 20.8. The summed E-state index contributed by atoms with van der Waals surface area (Å²) in [5.41, 5.74) is 29.4. The predicted octanol–water partition coefficient (Wildman–Crippen LogP) is 21.1. The van der Waals surface area contributed by atoms with Crippen molar-refractivity contribution in [3.8, 4) is 73.7 Å². The molecular formula is C87H52N6. The number of anilines is 2. The molecule has 3 aliphatic carbocycles.